The largest absolute Gasteiger partial charge is 0.389 e. The van der Waals surface area contributed by atoms with Gasteiger partial charge >= 0.3 is 11.9 Å². The summed E-state index contributed by atoms with van der Waals surface area (Å²) >= 11 is 5.54. The summed E-state index contributed by atoms with van der Waals surface area (Å²) in [7, 11) is 0. The third-order valence-corrected chi connectivity index (χ3v) is 2.20. The van der Waals surface area contributed by atoms with Crippen molar-refractivity contribution in [3.8, 4) is 0 Å². The summed E-state index contributed by atoms with van der Waals surface area (Å²) in [5.41, 5.74) is -0.380. The van der Waals surface area contributed by atoms with E-state index < -0.39 is 23.6 Å². The number of hydrogen-bond donors (Lipinski definition) is 0. The van der Waals surface area contributed by atoms with Crippen LogP contribution in [0.4, 0.5) is 8.78 Å². The lowest BCUT2D eigenvalue weighted by molar-refractivity contribution is -0.137. The SMILES string of the molecule is CCCC(=O)OC(=O)c1cc(F)c(F)cc1Cl. The van der Waals surface area contributed by atoms with Crippen LogP contribution < -0.4 is 0 Å². The zero-order chi connectivity index (χ0) is 13.0. The first kappa shape index (κ1) is 13.6. The van der Waals surface area contributed by atoms with Crippen molar-refractivity contribution in [2.24, 2.45) is 0 Å². The Bertz CT molecular complexity index is 460. The molecule has 0 saturated carbocycles. The molecule has 0 saturated heterocycles. The number of benzene rings is 1. The maximum absolute atomic E-state index is 12.9. The van der Waals surface area contributed by atoms with Gasteiger partial charge in [0.05, 0.1) is 10.6 Å². The molecule has 3 nitrogen and oxygen atoms in total. The fourth-order valence-electron chi connectivity index (χ4n) is 1.09. The first-order valence-corrected chi connectivity index (χ1v) is 5.23. The van der Waals surface area contributed by atoms with Gasteiger partial charge in [0.15, 0.2) is 11.6 Å². The summed E-state index contributed by atoms with van der Waals surface area (Å²) in [6.07, 6.45) is 0.574. The smallest absolute Gasteiger partial charge is 0.347 e. The van der Waals surface area contributed by atoms with Crippen molar-refractivity contribution in [1.29, 1.82) is 0 Å². The number of hydrogen-bond acceptors (Lipinski definition) is 3. The van der Waals surface area contributed by atoms with E-state index in [1.165, 1.54) is 0 Å². The molecule has 0 aromatic heterocycles. The highest BCUT2D eigenvalue weighted by molar-refractivity contribution is 6.33. The molecule has 6 heteroatoms. The zero-order valence-electron chi connectivity index (χ0n) is 8.93. The maximum atomic E-state index is 12.9. The lowest BCUT2D eigenvalue weighted by Gasteiger charge is -2.04. The van der Waals surface area contributed by atoms with Crippen LogP contribution in [0.1, 0.15) is 30.1 Å². The summed E-state index contributed by atoms with van der Waals surface area (Å²) in [6, 6.07) is 1.25. The van der Waals surface area contributed by atoms with Crippen LogP contribution in [0.25, 0.3) is 0 Å². The number of esters is 2. The van der Waals surface area contributed by atoms with Crippen molar-refractivity contribution >= 4 is 23.5 Å². The van der Waals surface area contributed by atoms with E-state index in [-0.39, 0.29) is 17.0 Å². The molecule has 1 aromatic carbocycles. The molecule has 0 heterocycles. The average molecular weight is 263 g/mol. The Hall–Kier alpha value is -1.49. The monoisotopic (exact) mass is 262 g/mol. The molecule has 0 aliphatic heterocycles. The molecule has 1 rings (SSSR count). The second kappa shape index (κ2) is 5.72. The molecule has 0 aliphatic carbocycles. The van der Waals surface area contributed by atoms with E-state index in [4.69, 9.17) is 11.6 Å². The van der Waals surface area contributed by atoms with E-state index in [0.717, 1.165) is 0 Å². The number of halogens is 3. The molecular formula is C11H9ClF2O3. The molecule has 0 bridgehead atoms. The minimum absolute atomic E-state index is 0.0625. The number of carbonyl (C=O) groups is 2. The predicted octanol–water partition coefficient (Wildman–Crippen LogP) is 3.10. The summed E-state index contributed by atoms with van der Waals surface area (Å²) in [4.78, 5) is 22.4. The molecule has 0 spiro atoms. The van der Waals surface area contributed by atoms with E-state index in [1.807, 2.05) is 0 Å². The van der Waals surface area contributed by atoms with Crippen LogP contribution in [0.15, 0.2) is 12.1 Å². The van der Waals surface area contributed by atoms with Crippen LogP contribution >= 0.6 is 11.6 Å². The van der Waals surface area contributed by atoms with E-state index in [1.54, 1.807) is 6.92 Å². The van der Waals surface area contributed by atoms with E-state index >= 15 is 0 Å². The molecule has 0 aliphatic rings. The molecule has 0 unspecified atom stereocenters. The average Bonchev–Trinajstić information content (AvgIpc) is 2.23. The predicted molar refractivity (Wildman–Crippen MR) is 56.7 cm³/mol. The van der Waals surface area contributed by atoms with Crippen molar-refractivity contribution in [3.05, 3.63) is 34.4 Å². The van der Waals surface area contributed by atoms with Gasteiger partial charge in [-0.05, 0) is 18.6 Å². The number of rotatable bonds is 3. The van der Waals surface area contributed by atoms with Crippen LogP contribution in [0.5, 0.6) is 0 Å². The third kappa shape index (κ3) is 3.49. The molecule has 92 valence electrons. The van der Waals surface area contributed by atoms with Gasteiger partial charge in [0.1, 0.15) is 0 Å². The Kier molecular flexibility index (Phi) is 4.57. The van der Waals surface area contributed by atoms with Crippen LogP contribution in [0.2, 0.25) is 5.02 Å². The Morgan fingerprint density at radius 3 is 2.47 bits per heavy atom. The van der Waals surface area contributed by atoms with Crippen molar-refractivity contribution in [1.82, 2.24) is 0 Å². The molecular weight excluding hydrogens is 254 g/mol. The number of carbonyl (C=O) groups excluding carboxylic acids is 2. The second-order valence-electron chi connectivity index (χ2n) is 3.26. The highest BCUT2D eigenvalue weighted by atomic mass is 35.5. The number of ether oxygens (including phenoxy) is 1. The Balaban J connectivity index is 2.89. The van der Waals surface area contributed by atoms with Gasteiger partial charge in [-0.15, -0.1) is 0 Å². The normalized spacial score (nSPS) is 10.1. The Morgan fingerprint density at radius 1 is 1.29 bits per heavy atom. The topological polar surface area (TPSA) is 43.4 Å². The highest BCUT2D eigenvalue weighted by Gasteiger charge is 2.18. The van der Waals surface area contributed by atoms with Crippen molar-refractivity contribution in [2.45, 2.75) is 19.8 Å². The van der Waals surface area contributed by atoms with E-state index in [9.17, 15) is 18.4 Å². The van der Waals surface area contributed by atoms with Crippen molar-refractivity contribution in [2.75, 3.05) is 0 Å². The Morgan fingerprint density at radius 2 is 1.88 bits per heavy atom. The Labute approximate surface area is 101 Å². The van der Waals surface area contributed by atoms with Crippen LogP contribution in [-0.2, 0) is 9.53 Å². The summed E-state index contributed by atoms with van der Waals surface area (Å²) in [5, 5.41) is -0.307. The van der Waals surface area contributed by atoms with Gasteiger partial charge in [0.25, 0.3) is 0 Å². The summed E-state index contributed by atoms with van der Waals surface area (Å²) < 4.78 is 30.0. The highest BCUT2D eigenvalue weighted by Crippen LogP contribution is 2.21. The first-order valence-electron chi connectivity index (χ1n) is 4.85. The fourth-order valence-corrected chi connectivity index (χ4v) is 1.32. The van der Waals surface area contributed by atoms with Gasteiger partial charge < -0.3 is 4.74 Å². The van der Waals surface area contributed by atoms with E-state index in [0.29, 0.717) is 18.6 Å². The van der Waals surface area contributed by atoms with Gasteiger partial charge in [0, 0.05) is 6.42 Å². The standard InChI is InChI=1S/C11H9ClF2O3/c1-2-3-10(15)17-11(16)6-4-8(13)9(14)5-7(6)12/h4-5H,2-3H2,1H3. The maximum Gasteiger partial charge on any atom is 0.347 e. The fraction of sp³-hybridized carbons (Fsp3) is 0.273. The van der Waals surface area contributed by atoms with Gasteiger partial charge in [-0.3, -0.25) is 4.79 Å². The molecule has 0 radical (unpaired) electrons. The molecule has 0 amide bonds. The van der Waals surface area contributed by atoms with Gasteiger partial charge in [-0.1, -0.05) is 18.5 Å². The lowest BCUT2D eigenvalue weighted by Crippen LogP contribution is -2.13. The summed E-state index contributed by atoms with van der Waals surface area (Å²) in [5.74, 6) is -4.23. The minimum Gasteiger partial charge on any atom is -0.389 e. The molecule has 0 N–H and O–H groups in total. The minimum atomic E-state index is -1.23. The van der Waals surface area contributed by atoms with Crippen molar-refractivity contribution in [3.63, 3.8) is 0 Å². The van der Waals surface area contributed by atoms with Crippen LogP contribution in [0, 0.1) is 11.6 Å². The third-order valence-electron chi connectivity index (χ3n) is 1.89. The summed E-state index contributed by atoms with van der Waals surface area (Å²) in [6.45, 7) is 1.73. The van der Waals surface area contributed by atoms with Crippen LogP contribution in [0.3, 0.4) is 0 Å². The zero-order valence-corrected chi connectivity index (χ0v) is 9.68. The molecule has 0 atom stereocenters. The lowest BCUT2D eigenvalue weighted by atomic mass is 10.2. The van der Waals surface area contributed by atoms with Gasteiger partial charge in [-0.2, -0.15) is 0 Å². The molecule has 0 fully saturated rings. The van der Waals surface area contributed by atoms with Gasteiger partial charge in [-0.25, -0.2) is 13.6 Å². The molecule has 1 aromatic rings. The first-order chi connectivity index (χ1) is 7.95. The van der Waals surface area contributed by atoms with Crippen molar-refractivity contribution < 1.29 is 23.1 Å². The molecule has 17 heavy (non-hydrogen) atoms. The van der Waals surface area contributed by atoms with Gasteiger partial charge in [0.2, 0.25) is 0 Å². The second-order valence-corrected chi connectivity index (χ2v) is 3.66. The quantitative estimate of drug-likeness (QED) is 0.478. The van der Waals surface area contributed by atoms with Crippen LogP contribution in [-0.4, -0.2) is 11.9 Å². The van der Waals surface area contributed by atoms with E-state index in [2.05, 4.69) is 4.74 Å².